The second kappa shape index (κ2) is 2.11. The van der Waals surface area contributed by atoms with Gasteiger partial charge in [-0.1, -0.05) is 5.10 Å². The van der Waals surface area contributed by atoms with Gasteiger partial charge in [-0.2, -0.15) is 0 Å². The van der Waals surface area contributed by atoms with E-state index in [9.17, 15) is 8.76 Å². The molecule has 6 nitrogen and oxygen atoms in total. The van der Waals surface area contributed by atoms with Crippen molar-refractivity contribution in [3.05, 3.63) is 0 Å². The molecule has 1 aromatic rings. The van der Waals surface area contributed by atoms with Crippen molar-refractivity contribution in [3.8, 4) is 5.88 Å². The van der Waals surface area contributed by atoms with Crippen molar-refractivity contribution in [2.75, 3.05) is 0 Å². The van der Waals surface area contributed by atoms with Gasteiger partial charge >= 0.3 is 0 Å². The highest BCUT2D eigenvalue weighted by atomic mass is 32.2. The zero-order valence-corrected chi connectivity index (χ0v) is 4.79. The quantitative estimate of drug-likeness (QED) is 0.515. The van der Waals surface area contributed by atoms with Gasteiger partial charge in [0, 0.05) is 16.4 Å². The first-order chi connectivity index (χ1) is 4.22. The Morgan fingerprint density at radius 2 is 2.44 bits per heavy atom. The van der Waals surface area contributed by atoms with Crippen molar-refractivity contribution in [1.82, 2.24) is 10.4 Å². The zero-order chi connectivity index (χ0) is 6.85. The summed E-state index contributed by atoms with van der Waals surface area (Å²) in [4.78, 5) is 0. The van der Waals surface area contributed by atoms with Crippen LogP contribution in [0.5, 0.6) is 5.88 Å². The van der Waals surface area contributed by atoms with Crippen LogP contribution < -0.4 is 0 Å². The number of rotatable bonds is 1. The smallest absolute Gasteiger partial charge is 0.289 e. The second-order valence-corrected chi connectivity index (χ2v) is 1.96. The lowest BCUT2D eigenvalue weighted by Gasteiger charge is -1.94. The maximum absolute atomic E-state index is 9.95. The Bertz CT molecular complexity index is 232. The molecule has 0 aromatic carbocycles. The van der Waals surface area contributed by atoms with Gasteiger partial charge in [0.15, 0.2) is 0 Å². The normalized spacial score (nSPS) is 13.4. The molecule has 0 amide bonds. The molecule has 0 saturated carbocycles. The van der Waals surface area contributed by atoms with Crippen LogP contribution in [-0.2, 0) is 11.1 Å². The van der Waals surface area contributed by atoms with E-state index in [1.807, 2.05) is 0 Å². The van der Waals surface area contributed by atoms with E-state index in [0.29, 0.717) is 0 Å². The molecule has 1 atom stereocenters. The minimum Gasteiger partial charge on any atom is -0.766 e. The summed E-state index contributed by atoms with van der Waals surface area (Å²) >= 11 is -2.60. The van der Waals surface area contributed by atoms with Crippen LogP contribution in [0.15, 0.2) is 9.62 Å². The zero-order valence-electron chi connectivity index (χ0n) is 3.97. The molecule has 1 heterocycles. The largest absolute Gasteiger partial charge is 0.766 e. The van der Waals surface area contributed by atoms with Gasteiger partial charge in [-0.25, -0.2) is 0 Å². The van der Waals surface area contributed by atoms with Crippen LogP contribution in [0.1, 0.15) is 0 Å². The van der Waals surface area contributed by atoms with Crippen molar-refractivity contribution in [2.24, 2.45) is 0 Å². The molecule has 1 rings (SSSR count). The van der Waals surface area contributed by atoms with Crippen molar-refractivity contribution < 1.29 is 18.4 Å². The maximum atomic E-state index is 9.95. The minimum atomic E-state index is -2.60. The van der Waals surface area contributed by atoms with Gasteiger partial charge in [0.05, 0.1) is 0 Å². The fraction of sp³-hybridized carbons (Fsp3) is 0. The summed E-state index contributed by atoms with van der Waals surface area (Å²) in [5.74, 6) is -0.719. The Morgan fingerprint density at radius 1 is 1.78 bits per heavy atom. The summed E-state index contributed by atoms with van der Waals surface area (Å²) in [6, 6.07) is 0. The fourth-order valence-electron chi connectivity index (χ4n) is 0.283. The van der Waals surface area contributed by atoms with Crippen molar-refractivity contribution >= 4 is 11.1 Å². The van der Waals surface area contributed by atoms with E-state index >= 15 is 0 Å². The average molecular weight is 149 g/mol. The summed E-state index contributed by atoms with van der Waals surface area (Å²) in [5, 5.41) is 13.5. The second-order valence-electron chi connectivity index (χ2n) is 1.12. The van der Waals surface area contributed by atoms with E-state index in [2.05, 4.69) is 14.9 Å². The third-order valence-electron chi connectivity index (χ3n) is 0.593. The average Bonchev–Trinajstić information content (AvgIpc) is 2.13. The van der Waals surface area contributed by atoms with Gasteiger partial charge in [0.25, 0.3) is 11.0 Å². The monoisotopic (exact) mass is 149 g/mol. The number of aromatic hydroxyl groups is 1. The van der Waals surface area contributed by atoms with Crippen molar-refractivity contribution in [2.45, 2.75) is 5.09 Å². The Hall–Kier alpha value is -0.950. The third kappa shape index (κ3) is 1.06. The molecule has 0 aliphatic rings. The Morgan fingerprint density at radius 3 is 2.67 bits per heavy atom. The number of nitrogens with zero attached hydrogens (tertiary/aromatic N) is 2. The molecule has 0 aliphatic carbocycles. The molecule has 1 aromatic heterocycles. The topological polar surface area (TPSA) is 99.3 Å². The Balaban J connectivity index is 3.08. The summed E-state index contributed by atoms with van der Waals surface area (Å²) in [6.07, 6.45) is 0. The SMILES string of the molecule is O=S([O-])c1onnc1O. The highest BCUT2D eigenvalue weighted by molar-refractivity contribution is 7.79. The first kappa shape index (κ1) is 6.17. The molecule has 0 bridgehead atoms. The highest BCUT2D eigenvalue weighted by Crippen LogP contribution is 2.13. The lowest BCUT2D eigenvalue weighted by atomic mass is 10.9. The lowest BCUT2D eigenvalue weighted by Crippen LogP contribution is -1.84. The fourth-order valence-corrected chi connectivity index (χ4v) is 0.567. The van der Waals surface area contributed by atoms with Crippen LogP contribution in [0, 0.1) is 0 Å². The Labute approximate surface area is 51.8 Å². The lowest BCUT2D eigenvalue weighted by molar-refractivity contribution is 0.310. The standard InChI is InChI=1S/C2H2N2O4S/c5-1-2(9(6)7)8-4-3-1/h5H,(H,6,7)/p-1. The molecule has 0 aliphatic heterocycles. The van der Waals surface area contributed by atoms with E-state index in [4.69, 9.17) is 5.11 Å². The molecule has 0 fully saturated rings. The molecule has 50 valence electrons. The third-order valence-corrected chi connectivity index (χ3v) is 1.15. The maximum Gasteiger partial charge on any atom is 0.289 e. The van der Waals surface area contributed by atoms with Gasteiger partial charge in [0.1, 0.15) is 0 Å². The molecular formula is C2HN2O4S-. The van der Waals surface area contributed by atoms with Crippen molar-refractivity contribution in [1.29, 1.82) is 0 Å². The molecular weight excluding hydrogens is 148 g/mol. The summed E-state index contributed by atoms with van der Waals surface area (Å²) < 4.78 is 23.9. The highest BCUT2D eigenvalue weighted by Gasteiger charge is 2.06. The van der Waals surface area contributed by atoms with Crippen LogP contribution in [-0.4, -0.2) is 24.2 Å². The molecule has 1 N–H and O–H groups in total. The first-order valence-electron chi connectivity index (χ1n) is 1.82. The first-order valence-corrected chi connectivity index (χ1v) is 2.90. The van der Waals surface area contributed by atoms with E-state index < -0.39 is 22.1 Å². The summed E-state index contributed by atoms with van der Waals surface area (Å²) in [7, 11) is 0. The molecule has 0 saturated heterocycles. The molecule has 9 heavy (non-hydrogen) atoms. The molecule has 7 heteroatoms. The van der Waals surface area contributed by atoms with Crippen LogP contribution in [0.25, 0.3) is 0 Å². The van der Waals surface area contributed by atoms with Gasteiger partial charge in [-0.05, 0) is 0 Å². The summed E-state index contributed by atoms with van der Waals surface area (Å²) in [5.41, 5.74) is 0. The van der Waals surface area contributed by atoms with E-state index in [1.165, 1.54) is 0 Å². The van der Waals surface area contributed by atoms with E-state index in [-0.39, 0.29) is 0 Å². The molecule has 1 unspecified atom stereocenters. The van der Waals surface area contributed by atoms with E-state index in [1.54, 1.807) is 0 Å². The molecule has 0 spiro atoms. The van der Waals surface area contributed by atoms with Gasteiger partial charge < -0.3 is 14.2 Å². The molecule has 0 radical (unpaired) electrons. The number of hydrogen-bond acceptors (Lipinski definition) is 6. The predicted molar refractivity (Wildman–Crippen MR) is 23.1 cm³/mol. The number of aromatic nitrogens is 2. The van der Waals surface area contributed by atoms with Gasteiger partial charge in [-0.3, -0.25) is 4.21 Å². The predicted octanol–water partition coefficient (Wildman–Crippen LogP) is -0.987. The minimum absolute atomic E-state index is 0.644. The van der Waals surface area contributed by atoms with Crippen LogP contribution in [0.2, 0.25) is 0 Å². The van der Waals surface area contributed by atoms with E-state index in [0.717, 1.165) is 0 Å². The van der Waals surface area contributed by atoms with Gasteiger partial charge in [0.2, 0.25) is 0 Å². The number of hydrogen-bond donors (Lipinski definition) is 1. The summed E-state index contributed by atoms with van der Waals surface area (Å²) in [6.45, 7) is 0. The Kier molecular flexibility index (Phi) is 1.45. The van der Waals surface area contributed by atoms with Crippen LogP contribution >= 0.6 is 0 Å². The van der Waals surface area contributed by atoms with Crippen LogP contribution in [0.4, 0.5) is 0 Å². The van der Waals surface area contributed by atoms with Gasteiger partial charge in [-0.15, -0.1) is 0 Å². The van der Waals surface area contributed by atoms with Crippen LogP contribution in [0.3, 0.4) is 0 Å². The van der Waals surface area contributed by atoms with Crippen molar-refractivity contribution in [3.63, 3.8) is 0 Å².